The Bertz CT molecular complexity index is 648. The van der Waals surface area contributed by atoms with E-state index in [2.05, 4.69) is 21.1 Å². The zero-order chi connectivity index (χ0) is 15.8. The lowest BCUT2D eigenvalue weighted by Crippen LogP contribution is -2.28. The van der Waals surface area contributed by atoms with Gasteiger partial charge in [-0.1, -0.05) is 59.7 Å². The number of aryl methyl sites for hydroxylation is 2. The van der Waals surface area contributed by atoms with E-state index >= 15 is 0 Å². The van der Waals surface area contributed by atoms with Gasteiger partial charge in [-0.05, 0) is 25.0 Å². The van der Waals surface area contributed by atoms with Gasteiger partial charge < -0.3 is 0 Å². The van der Waals surface area contributed by atoms with Crippen LogP contribution in [0, 0.1) is 13.8 Å². The Morgan fingerprint density at radius 3 is 1.73 bits per heavy atom. The van der Waals surface area contributed by atoms with E-state index in [1.807, 2.05) is 62.4 Å². The number of rotatable bonds is 4. The van der Waals surface area contributed by atoms with Crippen molar-refractivity contribution in [3.63, 3.8) is 0 Å². The molecular formula is C17H18N4O. The molecule has 0 aromatic heterocycles. The minimum atomic E-state index is -0.493. The molecule has 112 valence electrons. The molecule has 0 heterocycles. The largest absolute Gasteiger partial charge is 0.355 e. The van der Waals surface area contributed by atoms with Crippen LogP contribution in [0.2, 0.25) is 0 Å². The number of nitrogens with zero attached hydrogens (tertiary/aromatic N) is 2. The molecule has 0 bridgehead atoms. The van der Waals surface area contributed by atoms with Gasteiger partial charge in [-0.25, -0.2) is 15.6 Å². The van der Waals surface area contributed by atoms with E-state index in [1.165, 1.54) is 0 Å². The van der Waals surface area contributed by atoms with Gasteiger partial charge in [-0.15, -0.1) is 0 Å². The van der Waals surface area contributed by atoms with Crippen molar-refractivity contribution in [2.24, 2.45) is 10.2 Å². The third-order valence-electron chi connectivity index (χ3n) is 2.84. The van der Waals surface area contributed by atoms with Crippen LogP contribution in [0.5, 0.6) is 0 Å². The molecule has 0 fully saturated rings. The number of urea groups is 1. The summed E-state index contributed by atoms with van der Waals surface area (Å²) in [4.78, 5) is 11.5. The van der Waals surface area contributed by atoms with Crippen molar-refractivity contribution in [3.8, 4) is 0 Å². The van der Waals surface area contributed by atoms with Crippen LogP contribution in [0.25, 0.3) is 0 Å². The van der Waals surface area contributed by atoms with Gasteiger partial charge >= 0.3 is 6.03 Å². The topological polar surface area (TPSA) is 65.8 Å². The SMILES string of the molecule is Cc1cccc(/C=N/NC(=O)N/N=C/c2cccc(C)c2)c1. The molecule has 0 aliphatic rings. The summed E-state index contributed by atoms with van der Waals surface area (Å²) in [5, 5.41) is 7.72. The Morgan fingerprint density at radius 1 is 0.864 bits per heavy atom. The second kappa shape index (κ2) is 7.73. The van der Waals surface area contributed by atoms with E-state index in [0.29, 0.717) is 0 Å². The highest BCUT2D eigenvalue weighted by Gasteiger charge is 1.94. The molecule has 0 saturated heterocycles. The van der Waals surface area contributed by atoms with E-state index in [-0.39, 0.29) is 0 Å². The number of nitrogens with one attached hydrogen (secondary N) is 2. The Kier molecular flexibility index (Phi) is 5.43. The second-order valence-electron chi connectivity index (χ2n) is 4.90. The number of hydrogen-bond donors (Lipinski definition) is 2. The van der Waals surface area contributed by atoms with Crippen LogP contribution in [-0.2, 0) is 0 Å². The van der Waals surface area contributed by atoms with Crippen molar-refractivity contribution < 1.29 is 4.79 Å². The van der Waals surface area contributed by atoms with Crippen molar-refractivity contribution in [3.05, 3.63) is 70.8 Å². The van der Waals surface area contributed by atoms with Crippen LogP contribution >= 0.6 is 0 Å². The summed E-state index contributed by atoms with van der Waals surface area (Å²) in [7, 11) is 0. The monoisotopic (exact) mass is 294 g/mol. The lowest BCUT2D eigenvalue weighted by Gasteiger charge is -1.99. The van der Waals surface area contributed by atoms with Crippen molar-refractivity contribution in [2.45, 2.75) is 13.8 Å². The van der Waals surface area contributed by atoms with Crippen molar-refractivity contribution >= 4 is 18.5 Å². The van der Waals surface area contributed by atoms with E-state index in [0.717, 1.165) is 22.3 Å². The maximum Gasteiger partial charge on any atom is 0.355 e. The Morgan fingerprint density at radius 2 is 1.32 bits per heavy atom. The molecule has 0 atom stereocenters. The maximum atomic E-state index is 11.5. The molecule has 0 saturated carbocycles. The maximum absolute atomic E-state index is 11.5. The van der Waals surface area contributed by atoms with Gasteiger partial charge in [-0.2, -0.15) is 10.2 Å². The fourth-order valence-corrected chi connectivity index (χ4v) is 1.86. The fraction of sp³-hybridized carbons (Fsp3) is 0.118. The van der Waals surface area contributed by atoms with Crippen molar-refractivity contribution in [1.82, 2.24) is 10.9 Å². The quantitative estimate of drug-likeness (QED) is 0.660. The zero-order valence-corrected chi connectivity index (χ0v) is 12.6. The van der Waals surface area contributed by atoms with Crippen LogP contribution in [0.1, 0.15) is 22.3 Å². The van der Waals surface area contributed by atoms with E-state index in [4.69, 9.17) is 0 Å². The number of benzene rings is 2. The Hall–Kier alpha value is -2.95. The standard InChI is InChI=1S/C17H18N4O/c1-13-5-3-7-15(9-13)11-18-20-17(22)21-19-12-16-8-4-6-14(2)10-16/h3-12H,1-2H3,(H2,20,21,22)/b18-11+,19-12+. The summed E-state index contributed by atoms with van der Waals surface area (Å²) < 4.78 is 0. The number of amides is 2. The van der Waals surface area contributed by atoms with E-state index in [1.54, 1.807) is 12.4 Å². The van der Waals surface area contributed by atoms with E-state index < -0.39 is 6.03 Å². The molecule has 0 unspecified atom stereocenters. The molecular weight excluding hydrogens is 276 g/mol. The highest BCUT2D eigenvalue weighted by molar-refractivity contribution is 5.83. The third kappa shape index (κ3) is 5.20. The predicted octanol–water partition coefficient (Wildman–Crippen LogP) is 2.97. The van der Waals surface area contributed by atoms with Crippen LogP contribution < -0.4 is 10.9 Å². The highest BCUT2D eigenvalue weighted by Crippen LogP contribution is 2.01. The summed E-state index contributed by atoms with van der Waals surface area (Å²) in [6.07, 6.45) is 3.16. The number of hydrazone groups is 2. The zero-order valence-electron chi connectivity index (χ0n) is 12.6. The van der Waals surface area contributed by atoms with Gasteiger partial charge in [0.25, 0.3) is 0 Å². The average Bonchev–Trinajstić information content (AvgIpc) is 2.47. The fourth-order valence-electron chi connectivity index (χ4n) is 1.86. The molecule has 22 heavy (non-hydrogen) atoms. The normalized spacial score (nSPS) is 11.0. The molecule has 5 nitrogen and oxygen atoms in total. The molecule has 5 heteroatoms. The molecule has 2 aromatic rings. The smallest absolute Gasteiger partial charge is 0.245 e. The minimum absolute atomic E-state index is 0.493. The first-order valence-corrected chi connectivity index (χ1v) is 6.89. The molecule has 2 aromatic carbocycles. The van der Waals surface area contributed by atoms with Gasteiger partial charge in [0.2, 0.25) is 0 Å². The minimum Gasteiger partial charge on any atom is -0.245 e. The lowest BCUT2D eigenvalue weighted by atomic mass is 10.2. The summed E-state index contributed by atoms with van der Waals surface area (Å²) >= 11 is 0. The Labute approximate surface area is 129 Å². The molecule has 0 aliphatic heterocycles. The third-order valence-corrected chi connectivity index (χ3v) is 2.84. The molecule has 0 spiro atoms. The van der Waals surface area contributed by atoms with Crippen molar-refractivity contribution in [1.29, 1.82) is 0 Å². The van der Waals surface area contributed by atoms with Gasteiger partial charge in [0.15, 0.2) is 0 Å². The van der Waals surface area contributed by atoms with Crippen LogP contribution in [0.3, 0.4) is 0 Å². The lowest BCUT2D eigenvalue weighted by molar-refractivity contribution is 0.242. The van der Waals surface area contributed by atoms with Gasteiger partial charge in [0.1, 0.15) is 0 Å². The average molecular weight is 294 g/mol. The summed E-state index contributed by atoms with van der Waals surface area (Å²) in [6, 6.07) is 15.1. The van der Waals surface area contributed by atoms with Crippen molar-refractivity contribution in [2.75, 3.05) is 0 Å². The van der Waals surface area contributed by atoms with E-state index in [9.17, 15) is 4.79 Å². The number of carbonyl (C=O) groups excluding carboxylic acids is 1. The van der Waals surface area contributed by atoms with Crippen LogP contribution in [0.15, 0.2) is 58.7 Å². The van der Waals surface area contributed by atoms with Crippen LogP contribution in [0.4, 0.5) is 4.79 Å². The van der Waals surface area contributed by atoms with Gasteiger partial charge in [0.05, 0.1) is 12.4 Å². The highest BCUT2D eigenvalue weighted by atomic mass is 16.2. The first-order valence-electron chi connectivity index (χ1n) is 6.89. The molecule has 2 N–H and O–H groups in total. The number of carbonyl (C=O) groups is 1. The molecule has 2 amide bonds. The summed E-state index contributed by atoms with van der Waals surface area (Å²) in [5.41, 5.74) is 8.82. The van der Waals surface area contributed by atoms with Gasteiger partial charge in [0, 0.05) is 0 Å². The predicted molar refractivity (Wildman–Crippen MR) is 89.2 cm³/mol. The van der Waals surface area contributed by atoms with Gasteiger partial charge in [-0.3, -0.25) is 0 Å². The summed E-state index contributed by atoms with van der Waals surface area (Å²) in [5.74, 6) is 0. The number of hydrogen-bond acceptors (Lipinski definition) is 3. The first kappa shape index (κ1) is 15.4. The second-order valence-corrected chi connectivity index (χ2v) is 4.90. The molecule has 2 rings (SSSR count). The molecule has 0 aliphatic carbocycles. The van der Waals surface area contributed by atoms with Crippen LogP contribution in [-0.4, -0.2) is 18.5 Å². The summed E-state index contributed by atoms with van der Waals surface area (Å²) in [6.45, 7) is 4.00. The molecule has 0 radical (unpaired) electrons. The Balaban J connectivity index is 1.81. The first-order chi connectivity index (χ1) is 10.6.